The normalized spacial score (nSPS) is 14.9. The molecule has 6 heteroatoms. The summed E-state index contributed by atoms with van der Waals surface area (Å²) in [6.45, 7) is 3.00. The Balaban J connectivity index is 3.60. The largest absolute Gasteiger partial charge is 0.318 e. The molecule has 0 rings (SSSR count). The predicted octanol–water partition coefficient (Wildman–Crippen LogP) is 0.896. The molecule has 0 saturated heterocycles. The summed E-state index contributed by atoms with van der Waals surface area (Å²) in [5.74, 6) is 0.122. The van der Waals surface area contributed by atoms with E-state index >= 15 is 0 Å². The summed E-state index contributed by atoms with van der Waals surface area (Å²) in [7, 11) is 2.70. The molecule has 0 radical (unpaired) electrons. The first kappa shape index (κ1) is 14.0. The molecule has 2 unspecified atom stereocenters. The fourth-order valence-corrected chi connectivity index (χ4v) is 2.93. The molecule has 14 heavy (non-hydrogen) atoms. The number of carbonyl (C=O) groups excluding carboxylic acids is 2. The minimum absolute atomic E-state index is 0.0609. The van der Waals surface area contributed by atoms with Crippen molar-refractivity contribution in [3.63, 3.8) is 0 Å². The van der Waals surface area contributed by atoms with Crippen molar-refractivity contribution in [2.75, 3.05) is 0 Å². The van der Waals surface area contributed by atoms with E-state index in [0.717, 1.165) is 0 Å². The first-order valence-corrected chi connectivity index (χ1v) is 6.51. The maximum Gasteiger partial charge on any atom is 0.132 e. The Hall–Kier alpha value is -0.0400. The summed E-state index contributed by atoms with van der Waals surface area (Å²) in [6.07, 6.45) is 0.676. The lowest BCUT2D eigenvalue weighted by atomic mass is 10.3. The van der Waals surface area contributed by atoms with Gasteiger partial charge < -0.3 is 11.5 Å². The molecular formula is C8H16N2O2S2. The highest BCUT2D eigenvalue weighted by Gasteiger charge is 2.11. The molecule has 0 spiro atoms. The average molecular weight is 236 g/mol. The van der Waals surface area contributed by atoms with Crippen molar-refractivity contribution < 1.29 is 9.59 Å². The van der Waals surface area contributed by atoms with E-state index in [1.54, 1.807) is 0 Å². The van der Waals surface area contributed by atoms with Crippen LogP contribution in [-0.2, 0) is 9.59 Å². The van der Waals surface area contributed by atoms with Gasteiger partial charge in [-0.25, -0.2) is 0 Å². The van der Waals surface area contributed by atoms with Crippen LogP contribution in [0.25, 0.3) is 0 Å². The van der Waals surface area contributed by atoms with Gasteiger partial charge in [-0.15, -0.1) is 0 Å². The fraction of sp³-hybridized carbons (Fsp3) is 0.750. The monoisotopic (exact) mass is 236 g/mol. The zero-order valence-corrected chi connectivity index (χ0v) is 9.99. The van der Waals surface area contributed by atoms with Crippen LogP contribution >= 0.6 is 21.6 Å². The summed E-state index contributed by atoms with van der Waals surface area (Å²) in [5.41, 5.74) is 11.3. The van der Waals surface area contributed by atoms with Gasteiger partial charge in [0, 0.05) is 12.8 Å². The third-order valence-electron chi connectivity index (χ3n) is 1.28. The van der Waals surface area contributed by atoms with Gasteiger partial charge in [-0.3, -0.25) is 9.59 Å². The van der Waals surface area contributed by atoms with Gasteiger partial charge >= 0.3 is 0 Å². The van der Waals surface area contributed by atoms with E-state index < -0.39 is 0 Å². The zero-order chi connectivity index (χ0) is 11.1. The Labute approximate surface area is 91.9 Å². The summed E-state index contributed by atoms with van der Waals surface area (Å²) in [4.78, 5) is 21.4. The van der Waals surface area contributed by atoms with Gasteiger partial charge in [-0.1, -0.05) is 21.6 Å². The molecule has 82 valence electrons. The standard InChI is InChI=1S/C8H16N2O2S2/c1-5(11)3-7(9)13-14-8(10)4-6(2)12/h7-8H,3-4,9-10H2,1-2H3. The van der Waals surface area contributed by atoms with Crippen LogP contribution in [0.3, 0.4) is 0 Å². The summed E-state index contributed by atoms with van der Waals surface area (Å²) in [5, 5.41) is -0.481. The van der Waals surface area contributed by atoms with Gasteiger partial charge in [0.25, 0.3) is 0 Å². The Kier molecular flexibility index (Phi) is 7.26. The molecule has 0 bridgehead atoms. The van der Waals surface area contributed by atoms with Crippen molar-refractivity contribution in [3.05, 3.63) is 0 Å². The number of carbonyl (C=O) groups is 2. The van der Waals surface area contributed by atoms with E-state index in [4.69, 9.17) is 11.5 Å². The third kappa shape index (κ3) is 8.55. The average Bonchev–Trinajstić information content (AvgIpc) is 1.98. The van der Waals surface area contributed by atoms with Crippen molar-refractivity contribution in [1.82, 2.24) is 0 Å². The quantitative estimate of drug-likeness (QED) is 0.504. The Morgan fingerprint density at radius 2 is 1.29 bits per heavy atom. The van der Waals surface area contributed by atoms with Gasteiger partial charge in [-0.05, 0) is 13.8 Å². The molecule has 0 aliphatic rings. The second-order valence-corrected chi connectivity index (χ2v) is 5.83. The molecule has 2 atom stereocenters. The summed E-state index contributed by atoms with van der Waals surface area (Å²) >= 11 is 0. The van der Waals surface area contributed by atoms with Gasteiger partial charge in [0.05, 0.1) is 10.7 Å². The molecular weight excluding hydrogens is 220 g/mol. The van der Waals surface area contributed by atoms with Crippen LogP contribution in [0.2, 0.25) is 0 Å². The van der Waals surface area contributed by atoms with Crippen LogP contribution in [-0.4, -0.2) is 22.3 Å². The predicted molar refractivity (Wildman–Crippen MR) is 61.7 cm³/mol. The number of rotatable bonds is 7. The maximum absolute atomic E-state index is 10.7. The van der Waals surface area contributed by atoms with E-state index in [9.17, 15) is 9.59 Å². The molecule has 0 aliphatic carbocycles. The molecule has 0 saturated carbocycles. The lowest BCUT2D eigenvalue weighted by molar-refractivity contribution is -0.117. The maximum atomic E-state index is 10.7. The van der Waals surface area contributed by atoms with Crippen molar-refractivity contribution in [3.8, 4) is 0 Å². The number of hydrogen-bond donors (Lipinski definition) is 2. The highest BCUT2D eigenvalue weighted by atomic mass is 33.1. The molecule has 0 aromatic rings. The SMILES string of the molecule is CC(=O)CC(N)SSC(N)CC(C)=O. The first-order chi connectivity index (χ1) is 6.41. The Bertz CT molecular complexity index is 190. The van der Waals surface area contributed by atoms with E-state index in [-0.39, 0.29) is 22.3 Å². The van der Waals surface area contributed by atoms with Gasteiger partial charge in [0.2, 0.25) is 0 Å². The highest BCUT2D eigenvalue weighted by Crippen LogP contribution is 2.29. The number of ketones is 2. The summed E-state index contributed by atoms with van der Waals surface area (Å²) < 4.78 is 0. The highest BCUT2D eigenvalue weighted by molar-refractivity contribution is 8.77. The third-order valence-corrected chi connectivity index (χ3v) is 4.04. The van der Waals surface area contributed by atoms with E-state index in [1.165, 1.54) is 35.4 Å². The molecule has 4 nitrogen and oxygen atoms in total. The van der Waals surface area contributed by atoms with E-state index in [2.05, 4.69) is 0 Å². The molecule has 0 fully saturated rings. The van der Waals surface area contributed by atoms with Crippen molar-refractivity contribution >= 4 is 33.2 Å². The molecule has 0 aliphatic heterocycles. The van der Waals surface area contributed by atoms with Gasteiger partial charge in [0.1, 0.15) is 11.6 Å². The van der Waals surface area contributed by atoms with Crippen LogP contribution in [0, 0.1) is 0 Å². The smallest absolute Gasteiger partial charge is 0.132 e. The molecule has 0 aromatic carbocycles. The van der Waals surface area contributed by atoms with Crippen LogP contribution < -0.4 is 11.5 Å². The topological polar surface area (TPSA) is 86.2 Å². The lowest BCUT2D eigenvalue weighted by Crippen LogP contribution is -2.21. The van der Waals surface area contributed by atoms with Crippen LogP contribution in [0.1, 0.15) is 26.7 Å². The minimum atomic E-state index is -0.240. The Morgan fingerprint density at radius 1 is 1.00 bits per heavy atom. The second kappa shape index (κ2) is 7.28. The number of Topliss-reactive ketones (excluding diaryl/α,β-unsaturated/α-hetero) is 2. The molecule has 0 heterocycles. The molecule has 0 aromatic heterocycles. The van der Waals surface area contributed by atoms with Gasteiger partial charge in [-0.2, -0.15) is 0 Å². The van der Waals surface area contributed by atoms with Crippen molar-refractivity contribution in [2.45, 2.75) is 37.4 Å². The fourth-order valence-electron chi connectivity index (χ4n) is 0.777. The molecule has 0 amide bonds. The van der Waals surface area contributed by atoms with Gasteiger partial charge in [0.15, 0.2) is 0 Å². The minimum Gasteiger partial charge on any atom is -0.318 e. The van der Waals surface area contributed by atoms with E-state index in [1.807, 2.05) is 0 Å². The Morgan fingerprint density at radius 3 is 1.50 bits per heavy atom. The van der Waals surface area contributed by atoms with Crippen molar-refractivity contribution in [2.24, 2.45) is 11.5 Å². The van der Waals surface area contributed by atoms with Crippen molar-refractivity contribution in [1.29, 1.82) is 0 Å². The number of nitrogens with two attached hydrogens (primary N) is 2. The first-order valence-electron chi connectivity index (χ1n) is 4.24. The summed E-state index contributed by atoms with van der Waals surface area (Å²) in [6, 6.07) is 0. The van der Waals surface area contributed by atoms with Crippen LogP contribution in [0.5, 0.6) is 0 Å². The van der Waals surface area contributed by atoms with Crippen LogP contribution in [0.15, 0.2) is 0 Å². The lowest BCUT2D eigenvalue weighted by Gasteiger charge is -2.12. The second-order valence-electron chi connectivity index (χ2n) is 3.08. The van der Waals surface area contributed by atoms with Crippen LogP contribution in [0.4, 0.5) is 0 Å². The molecule has 4 N–H and O–H groups in total. The number of hydrogen-bond acceptors (Lipinski definition) is 6. The van der Waals surface area contributed by atoms with E-state index in [0.29, 0.717) is 12.8 Å². The zero-order valence-electron chi connectivity index (χ0n) is 8.36.